The monoisotopic (exact) mass is 433 g/mol. The summed E-state index contributed by atoms with van der Waals surface area (Å²) in [6.45, 7) is 10.3. The molecule has 3 aromatic rings. The highest BCUT2D eigenvalue weighted by atomic mass is 16.5. The molecule has 0 bridgehead atoms. The van der Waals surface area contributed by atoms with Gasteiger partial charge in [0.25, 0.3) is 5.91 Å². The maximum absolute atomic E-state index is 13.2. The van der Waals surface area contributed by atoms with Gasteiger partial charge in [0, 0.05) is 29.5 Å². The van der Waals surface area contributed by atoms with Gasteiger partial charge < -0.3 is 14.6 Å². The summed E-state index contributed by atoms with van der Waals surface area (Å²) >= 11 is 0. The second-order valence-electron chi connectivity index (χ2n) is 9.34. The molecular weight excluding hydrogens is 398 g/mol. The molecule has 1 aliphatic rings. The predicted octanol–water partition coefficient (Wildman–Crippen LogP) is 5.29. The van der Waals surface area contributed by atoms with Crippen molar-refractivity contribution < 1.29 is 9.53 Å². The number of methoxy groups -OCH3 is 1. The van der Waals surface area contributed by atoms with Gasteiger partial charge in [-0.1, -0.05) is 30.3 Å². The van der Waals surface area contributed by atoms with Crippen LogP contribution in [0.2, 0.25) is 0 Å². The standard InChI is InChI=1S/C27H35N3O2/c1-5-29(26(31)25-18-21-17-23(32-4)11-12-24(21)28-25)19-20-13-15-30(16-14-20)27(2,3)22-9-7-6-8-10-22/h6-12,17-18,20,28H,5,13-16,19H2,1-4H3. The lowest BCUT2D eigenvalue weighted by molar-refractivity contribution is 0.0537. The van der Waals surface area contributed by atoms with Gasteiger partial charge >= 0.3 is 0 Å². The summed E-state index contributed by atoms with van der Waals surface area (Å²) in [5.74, 6) is 1.41. The van der Waals surface area contributed by atoms with Crippen molar-refractivity contribution in [1.82, 2.24) is 14.8 Å². The van der Waals surface area contributed by atoms with Crippen LogP contribution in [0, 0.1) is 5.92 Å². The van der Waals surface area contributed by atoms with Crippen molar-refractivity contribution in [3.63, 3.8) is 0 Å². The molecule has 1 N–H and O–H groups in total. The number of carbonyl (C=O) groups is 1. The summed E-state index contributed by atoms with van der Waals surface area (Å²) in [5, 5.41) is 1.00. The summed E-state index contributed by atoms with van der Waals surface area (Å²) in [7, 11) is 1.66. The lowest BCUT2D eigenvalue weighted by Crippen LogP contribution is -2.48. The van der Waals surface area contributed by atoms with Crippen LogP contribution in [-0.2, 0) is 5.54 Å². The average molecular weight is 434 g/mol. The summed E-state index contributed by atoms with van der Waals surface area (Å²) in [6, 6.07) is 18.5. The van der Waals surface area contributed by atoms with Crippen LogP contribution in [0.3, 0.4) is 0 Å². The lowest BCUT2D eigenvalue weighted by Gasteiger charge is -2.44. The van der Waals surface area contributed by atoms with Gasteiger partial charge in [-0.2, -0.15) is 0 Å². The molecule has 0 atom stereocenters. The molecule has 5 nitrogen and oxygen atoms in total. The van der Waals surface area contributed by atoms with E-state index in [0.717, 1.165) is 49.1 Å². The molecule has 32 heavy (non-hydrogen) atoms. The largest absolute Gasteiger partial charge is 0.497 e. The molecule has 0 unspecified atom stereocenters. The van der Waals surface area contributed by atoms with Gasteiger partial charge in [0.2, 0.25) is 0 Å². The number of likely N-dealkylation sites (tertiary alicyclic amines) is 1. The third kappa shape index (κ3) is 4.53. The number of ether oxygens (including phenoxy) is 1. The number of aromatic nitrogens is 1. The quantitative estimate of drug-likeness (QED) is 0.551. The van der Waals surface area contributed by atoms with Crippen LogP contribution in [0.5, 0.6) is 5.75 Å². The highest BCUT2D eigenvalue weighted by molar-refractivity contribution is 5.98. The number of aromatic amines is 1. The lowest BCUT2D eigenvalue weighted by atomic mass is 9.87. The Kier molecular flexibility index (Phi) is 6.56. The normalized spacial score (nSPS) is 15.8. The van der Waals surface area contributed by atoms with E-state index in [-0.39, 0.29) is 11.4 Å². The Balaban J connectivity index is 1.39. The number of rotatable bonds is 7. The fourth-order valence-electron chi connectivity index (χ4n) is 4.89. The first-order chi connectivity index (χ1) is 15.4. The van der Waals surface area contributed by atoms with Crippen molar-refractivity contribution >= 4 is 16.8 Å². The number of hydrogen-bond acceptors (Lipinski definition) is 3. The summed E-state index contributed by atoms with van der Waals surface area (Å²) in [6.07, 6.45) is 2.23. The van der Waals surface area contributed by atoms with Gasteiger partial charge in [-0.15, -0.1) is 0 Å². The second-order valence-corrected chi connectivity index (χ2v) is 9.34. The topological polar surface area (TPSA) is 48.6 Å². The Morgan fingerprint density at radius 1 is 1.12 bits per heavy atom. The zero-order valence-electron chi connectivity index (χ0n) is 19.7. The first-order valence-corrected chi connectivity index (χ1v) is 11.7. The van der Waals surface area contributed by atoms with E-state index < -0.39 is 0 Å². The van der Waals surface area contributed by atoms with Gasteiger partial charge in [0.05, 0.1) is 7.11 Å². The Morgan fingerprint density at radius 3 is 2.50 bits per heavy atom. The van der Waals surface area contributed by atoms with Gasteiger partial charge in [-0.05, 0) is 82.4 Å². The molecule has 4 rings (SSSR count). The van der Waals surface area contributed by atoms with Crippen molar-refractivity contribution in [3.05, 3.63) is 65.9 Å². The molecule has 0 spiro atoms. The Hall–Kier alpha value is -2.79. The Labute approximate surface area is 191 Å². The number of nitrogens with one attached hydrogen (secondary N) is 1. The number of carbonyl (C=O) groups excluding carboxylic acids is 1. The number of benzene rings is 2. The first-order valence-electron chi connectivity index (χ1n) is 11.7. The van der Waals surface area contributed by atoms with Crippen molar-refractivity contribution in [3.8, 4) is 5.75 Å². The number of amides is 1. The van der Waals surface area contributed by atoms with Gasteiger partial charge in [-0.3, -0.25) is 9.69 Å². The zero-order valence-corrected chi connectivity index (χ0v) is 19.7. The zero-order chi connectivity index (χ0) is 22.7. The fraction of sp³-hybridized carbons (Fsp3) is 0.444. The molecule has 1 aliphatic heterocycles. The Morgan fingerprint density at radius 2 is 1.84 bits per heavy atom. The van der Waals surface area contributed by atoms with Crippen molar-refractivity contribution in [1.29, 1.82) is 0 Å². The number of fused-ring (bicyclic) bond motifs is 1. The number of piperidine rings is 1. The van der Waals surface area contributed by atoms with E-state index >= 15 is 0 Å². The van der Waals surface area contributed by atoms with Crippen molar-refractivity contribution in [2.24, 2.45) is 5.92 Å². The van der Waals surface area contributed by atoms with E-state index in [9.17, 15) is 4.79 Å². The third-order valence-corrected chi connectivity index (χ3v) is 7.09. The van der Waals surface area contributed by atoms with Crippen LogP contribution < -0.4 is 4.74 Å². The van der Waals surface area contributed by atoms with Gasteiger partial charge in [0.15, 0.2) is 0 Å². The highest BCUT2D eigenvalue weighted by Gasteiger charge is 2.33. The molecule has 2 heterocycles. The van der Waals surface area contributed by atoms with E-state index in [0.29, 0.717) is 18.2 Å². The van der Waals surface area contributed by atoms with Crippen LogP contribution in [0.1, 0.15) is 49.7 Å². The molecule has 0 aliphatic carbocycles. The molecule has 0 saturated carbocycles. The number of hydrogen-bond donors (Lipinski definition) is 1. The Bertz CT molecular complexity index is 1050. The van der Waals surface area contributed by atoms with E-state index in [2.05, 4.69) is 61.0 Å². The van der Waals surface area contributed by atoms with Crippen LogP contribution in [0.4, 0.5) is 0 Å². The van der Waals surface area contributed by atoms with E-state index in [1.165, 1.54) is 5.56 Å². The molecule has 0 radical (unpaired) electrons. The summed E-state index contributed by atoms with van der Waals surface area (Å²) in [5.41, 5.74) is 3.00. The minimum atomic E-state index is 0.0257. The smallest absolute Gasteiger partial charge is 0.270 e. The SMILES string of the molecule is CCN(CC1CCN(C(C)(C)c2ccccc2)CC1)C(=O)c1cc2cc(OC)ccc2[nH]1. The molecule has 1 fully saturated rings. The number of nitrogens with zero attached hydrogens (tertiary/aromatic N) is 2. The van der Waals surface area contributed by atoms with Crippen LogP contribution in [-0.4, -0.2) is 54.0 Å². The third-order valence-electron chi connectivity index (χ3n) is 7.09. The number of H-pyrrole nitrogens is 1. The molecule has 1 aromatic heterocycles. The van der Waals surface area contributed by atoms with E-state index in [1.54, 1.807) is 7.11 Å². The molecule has 170 valence electrons. The summed E-state index contributed by atoms with van der Waals surface area (Å²) < 4.78 is 5.31. The minimum Gasteiger partial charge on any atom is -0.497 e. The second kappa shape index (κ2) is 9.37. The predicted molar refractivity (Wildman–Crippen MR) is 130 cm³/mol. The fourth-order valence-corrected chi connectivity index (χ4v) is 4.89. The molecule has 5 heteroatoms. The van der Waals surface area contributed by atoms with Gasteiger partial charge in [0.1, 0.15) is 11.4 Å². The first kappa shape index (κ1) is 22.4. The summed E-state index contributed by atoms with van der Waals surface area (Å²) in [4.78, 5) is 21.1. The molecular formula is C27H35N3O2. The van der Waals surface area contributed by atoms with Crippen molar-refractivity contribution in [2.45, 2.75) is 39.2 Å². The van der Waals surface area contributed by atoms with Gasteiger partial charge in [-0.25, -0.2) is 0 Å². The van der Waals surface area contributed by atoms with Crippen molar-refractivity contribution in [2.75, 3.05) is 33.3 Å². The minimum absolute atomic E-state index is 0.0257. The van der Waals surface area contributed by atoms with E-state index in [4.69, 9.17) is 4.74 Å². The highest BCUT2D eigenvalue weighted by Crippen LogP contribution is 2.32. The molecule has 1 amide bonds. The molecule has 2 aromatic carbocycles. The van der Waals surface area contributed by atoms with Crippen LogP contribution in [0.25, 0.3) is 10.9 Å². The maximum Gasteiger partial charge on any atom is 0.270 e. The molecule has 1 saturated heterocycles. The van der Waals surface area contributed by atoms with Crippen LogP contribution >= 0.6 is 0 Å². The average Bonchev–Trinajstić information content (AvgIpc) is 3.26. The van der Waals surface area contributed by atoms with E-state index in [1.807, 2.05) is 29.2 Å². The van der Waals surface area contributed by atoms with Crippen LogP contribution in [0.15, 0.2) is 54.6 Å². The maximum atomic E-state index is 13.2.